The summed E-state index contributed by atoms with van der Waals surface area (Å²) in [6, 6.07) is 11.0. The number of carbonyl (C=O) groups excluding carboxylic acids is 1. The van der Waals surface area contributed by atoms with Gasteiger partial charge in [0.25, 0.3) is 0 Å². The van der Waals surface area contributed by atoms with Gasteiger partial charge in [-0.15, -0.1) is 0 Å². The van der Waals surface area contributed by atoms with Crippen molar-refractivity contribution in [3.05, 3.63) is 71.6 Å². The summed E-state index contributed by atoms with van der Waals surface area (Å²) in [5.74, 6) is -0.865. The van der Waals surface area contributed by atoms with E-state index in [9.17, 15) is 18.0 Å². The molecule has 0 aliphatic rings. The number of rotatable bonds is 9. The predicted molar refractivity (Wildman–Crippen MR) is 137 cm³/mol. The van der Waals surface area contributed by atoms with E-state index >= 15 is 0 Å². The van der Waals surface area contributed by atoms with Crippen molar-refractivity contribution in [1.29, 1.82) is 0 Å². The standard InChI is InChI=1S/C27H35F3N6O/c1-27(2,3)23(35(26(37)34(4)5)14-13-20(31)16-28)25-32-24(21-15-19(29)11-12-22(21)30)33-36(25)17-18-9-7-6-8-10-18/h6-12,15,20,23H,13-14,16-17,31H2,1-5H3. The van der Waals surface area contributed by atoms with Gasteiger partial charge in [-0.25, -0.2) is 27.6 Å². The van der Waals surface area contributed by atoms with Gasteiger partial charge in [0.1, 0.15) is 18.3 Å². The second kappa shape index (κ2) is 11.8. The average molecular weight is 517 g/mol. The fraction of sp³-hybridized carbons (Fsp3) is 0.444. The van der Waals surface area contributed by atoms with Gasteiger partial charge in [0.05, 0.1) is 18.2 Å². The lowest BCUT2D eigenvalue weighted by atomic mass is 9.84. The fourth-order valence-corrected chi connectivity index (χ4v) is 4.18. The summed E-state index contributed by atoms with van der Waals surface area (Å²) in [5, 5.41) is 4.57. The van der Waals surface area contributed by atoms with Crippen LogP contribution in [0.2, 0.25) is 0 Å². The minimum absolute atomic E-state index is 0.00916. The molecule has 0 saturated carbocycles. The Morgan fingerprint density at radius 2 is 1.78 bits per heavy atom. The molecule has 0 saturated heterocycles. The number of benzene rings is 2. The Kier molecular flexibility index (Phi) is 8.96. The number of aromatic nitrogens is 3. The molecule has 3 rings (SSSR count). The number of urea groups is 1. The molecule has 0 aliphatic heterocycles. The van der Waals surface area contributed by atoms with Crippen LogP contribution in [-0.4, -0.2) is 64.0 Å². The van der Waals surface area contributed by atoms with E-state index in [2.05, 4.69) is 10.1 Å². The second-order valence-electron chi connectivity index (χ2n) is 10.4. The highest BCUT2D eigenvalue weighted by Gasteiger charge is 2.39. The van der Waals surface area contributed by atoms with Gasteiger partial charge in [-0.1, -0.05) is 51.1 Å². The van der Waals surface area contributed by atoms with Crippen LogP contribution in [0.25, 0.3) is 11.4 Å². The highest BCUT2D eigenvalue weighted by molar-refractivity contribution is 5.74. The van der Waals surface area contributed by atoms with Gasteiger partial charge < -0.3 is 15.5 Å². The van der Waals surface area contributed by atoms with Crippen molar-refractivity contribution in [2.24, 2.45) is 11.1 Å². The summed E-state index contributed by atoms with van der Waals surface area (Å²) in [7, 11) is 3.26. The molecule has 2 N–H and O–H groups in total. The molecule has 1 heterocycles. The summed E-state index contributed by atoms with van der Waals surface area (Å²) in [6.45, 7) is 5.61. The molecule has 7 nitrogen and oxygen atoms in total. The van der Waals surface area contributed by atoms with Crippen molar-refractivity contribution in [3.63, 3.8) is 0 Å². The third kappa shape index (κ3) is 6.88. The van der Waals surface area contributed by atoms with Gasteiger partial charge in [-0.2, -0.15) is 5.10 Å². The maximum atomic E-state index is 14.7. The van der Waals surface area contributed by atoms with Gasteiger partial charge >= 0.3 is 6.03 Å². The number of hydrogen-bond donors (Lipinski definition) is 1. The Hall–Kier alpha value is -3.40. The zero-order valence-electron chi connectivity index (χ0n) is 22.0. The van der Waals surface area contributed by atoms with E-state index in [1.165, 1.54) is 4.90 Å². The SMILES string of the molecule is CN(C)C(=O)N(CCC(N)CF)C(c1nc(-c2cc(F)ccc2F)nn1Cc1ccccc1)C(C)(C)C. The Balaban J connectivity index is 2.21. The first-order chi connectivity index (χ1) is 17.4. The molecule has 2 amide bonds. The average Bonchev–Trinajstić information content (AvgIpc) is 3.24. The Bertz CT molecular complexity index is 1190. The van der Waals surface area contributed by atoms with Crippen molar-refractivity contribution >= 4 is 6.03 Å². The number of alkyl halides is 1. The number of hydrogen-bond acceptors (Lipinski definition) is 4. The van der Waals surface area contributed by atoms with E-state index in [4.69, 9.17) is 5.73 Å². The van der Waals surface area contributed by atoms with Crippen LogP contribution >= 0.6 is 0 Å². The molecule has 37 heavy (non-hydrogen) atoms. The lowest BCUT2D eigenvalue weighted by Crippen LogP contribution is -2.48. The third-order valence-corrected chi connectivity index (χ3v) is 5.99. The van der Waals surface area contributed by atoms with E-state index < -0.39 is 35.8 Å². The minimum Gasteiger partial charge on any atom is -0.331 e. The van der Waals surface area contributed by atoms with Crippen molar-refractivity contribution in [2.45, 2.75) is 45.8 Å². The molecular weight excluding hydrogens is 481 g/mol. The van der Waals surface area contributed by atoms with E-state index in [0.717, 1.165) is 23.8 Å². The van der Waals surface area contributed by atoms with Crippen LogP contribution < -0.4 is 5.73 Å². The lowest BCUT2D eigenvalue weighted by Gasteiger charge is -2.41. The molecule has 2 aromatic carbocycles. The molecule has 0 radical (unpaired) electrons. The molecule has 10 heteroatoms. The van der Waals surface area contributed by atoms with Crippen LogP contribution in [0.5, 0.6) is 0 Å². The third-order valence-electron chi connectivity index (χ3n) is 5.99. The Labute approximate surface area is 216 Å². The van der Waals surface area contributed by atoms with Crippen molar-refractivity contribution in [1.82, 2.24) is 24.6 Å². The molecule has 1 aromatic heterocycles. The van der Waals surface area contributed by atoms with Crippen LogP contribution in [0.1, 0.15) is 44.6 Å². The zero-order chi connectivity index (χ0) is 27.3. The molecule has 0 spiro atoms. The van der Waals surface area contributed by atoms with E-state index in [1.807, 2.05) is 51.1 Å². The van der Waals surface area contributed by atoms with Crippen LogP contribution in [0.3, 0.4) is 0 Å². The Morgan fingerprint density at radius 1 is 1.11 bits per heavy atom. The number of amides is 2. The highest BCUT2D eigenvalue weighted by Crippen LogP contribution is 2.39. The number of nitrogens with two attached hydrogens (primary N) is 1. The quantitative estimate of drug-likeness (QED) is 0.433. The fourth-order valence-electron chi connectivity index (χ4n) is 4.18. The van der Waals surface area contributed by atoms with Crippen molar-refractivity contribution in [2.75, 3.05) is 27.3 Å². The topological polar surface area (TPSA) is 80.3 Å². The second-order valence-corrected chi connectivity index (χ2v) is 10.4. The number of carbonyl (C=O) groups is 1. The summed E-state index contributed by atoms with van der Waals surface area (Å²) >= 11 is 0. The smallest absolute Gasteiger partial charge is 0.320 e. The van der Waals surface area contributed by atoms with Crippen LogP contribution in [0.4, 0.5) is 18.0 Å². The van der Waals surface area contributed by atoms with Gasteiger partial charge in [-0.05, 0) is 35.6 Å². The van der Waals surface area contributed by atoms with Crippen LogP contribution in [0.15, 0.2) is 48.5 Å². The maximum Gasteiger partial charge on any atom is 0.320 e. The first-order valence-electron chi connectivity index (χ1n) is 12.2. The summed E-state index contributed by atoms with van der Waals surface area (Å²) < 4.78 is 43.6. The van der Waals surface area contributed by atoms with E-state index in [-0.39, 0.29) is 30.4 Å². The highest BCUT2D eigenvalue weighted by atomic mass is 19.1. The van der Waals surface area contributed by atoms with Gasteiger partial charge in [-0.3, -0.25) is 0 Å². The first kappa shape index (κ1) is 28.2. The summed E-state index contributed by atoms with van der Waals surface area (Å²) in [6.07, 6.45) is 0.237. The maximum absolute atomic E-state index is 14.7. The molecule has 200 valence electrons. The summed E-state index contributed by atoms with van der Waals surface area (Å²) in [4.78, 5) is 21.1. The van der Waals surface area contributed by atoms with Gasteiger partial charge in [0, 0.05) is 26.7 Å². The molecule has 0 fully saturated rings. The van der Waals surface area contributed by atoms with Crippen molar-refractivity contribution < 1.29 is 18.0 Å². The minimum atomic E-state index is -0.725. The predicted octanol–water partition coefficient (Wildman–Crippen LogP) is 5.03. The van der Waals surface area contributed by atoms with Gasteiger partial charge in [0.2, 0.25) is 0 Å². The monoisotopic (exact) mass is 516 g/mol. The van der Waals surface area contributed by atoms with E-state index in [0.29, 0.717) is 12.4 Å². The molecule has 3 aromatic rings. The van der Waals surface area contributed by atoms with Gasteiger partial charge in [0.15, 0.2) is 11.6 Å². The van der Waals surface area contributed by atoms with Crippen molar-refractivity contribution in [3.8, 4) is 11.4 Å². The lowest BCUT2D eigenvalue weighted by molar-refractivity contribution is 0.0892. The van der Waals surface area contributed by atoms with E-state index in [1.54, 1.807) is 23.7 Å². The summed E-state index contributed by atoms with van der Waals surface area (Å²) in [5.41, 5.74) is 6.12. The molecule has 0 aliphatic carbocycles. The van der Waals surface area contributed by atoms with Crippen LogP contribution in [-0.2, 0) is 6.54 Å². The molecule has 2 unspecified atom stereocenters. The molecule has 0 bridgehead atoms. The first-order valence-corrected chi connectivity index (χ1v) is 12.2. The number of nitrogens with zero attached hydrogens (tertiary/aromatic N) is 5. The number of halogens is 3. The molecular formula is C27H35F3N6O. The molecule has 2 atom stereocenters. The normalized spacial score (nSPS) is 13.3. The van der Waals surface area contributed by atoms with Crippen LogP contribution in [0, 0.1) is 17.0 Å². The largest absolute Gasteiger partial charge is 0.331 e. The zero-order valence-corrected chi connectivity index (χ0v) is 22.0. The Morgan fingerprint density at radius 3 is 2.38 bits per heavy atom.